The van der Waals surface area contributed by atoms with Gasteiger partial charge in [0, 0.05) is 65.4 Å². The average Bonchev–Trinajstić information content (AvgIpc) is 2.82. The summed E-state index contributed by atoms with van der Waals surface area (Å²) >= 11 is 0. The lowest BCUT2D eigenvalue weighted by atomic mass is 10.1. The van der Waals surface area contributed by atoms with Crippen molar-refractivity contribution in [1.82, 2.24) is 20.0 Å². The number of rotatable bonds is 8. The fraction of sp³-hybridized carbons (Fsp3) is 0.667. The van der Waals surface area contributed by atoms with Crippen LogP contribution in [-0.4, -0.2) is 98.7 Å². The summed E-state index contributed by atoms with van der Waals surface area (Å²) in [5.41, 5.74) is 1.12. The Balaban J connectivity index is 0.00000385. The minimum absolute atomic E-state index is 0. The van der Waals surface area contributed by atoms with Gasteiger partial charge in [-0.3, -0.25) is 9.69 Å². The van der Waals surface area contributed by atoms with Crippen LogP contribution >= 0.6 is 24.0 Å². The van der Waals surface area contributed by atoms with Gasteiger partial charge in [0.2, 0.25) is 5.91 Å². The molecular weight excluding hydrogens is 533 g/mol. The summed E-state index contributed by atoms with van der Waals surface area (Å²) in [6.45, 7) is 11.5. The predicted molar refractivity (Wildman–Crippen MR) is 142 cm³/mol. The van der Waals surface area contributed by atoms with E-state index in [4.69, 9.17) is 14.5 Å². The van der Waals surface area contributed by atoms with Crippen molar-refractivity contribution in [2.45, 2.75) is 39.3 Å². The first-order chi connectivity index (χ1) is 15.6. The lowest BCUT2D eigenvalue weighted by molar-refractivity contribution is -0.130. The van der Waals surface area contributed by atoms with Crippen molar-refractivity contribution in [3.8, 4) is 5.75 Å². The van der Waals surface area contributed by atoms with Gasteiger partial charge in [-0.1, -0.05) is 12.1 Å². The van der Waals surface area contributed by atoms with Crippen LogP contribution in [0, 0.1) is 0 Å². The molecule has 0 unspecified atom stereocenters. The van der Waals surface area contributed by atoms with Gasteiger partial charge in [-0.05, 0) is 44.5 Å². The van der Waals surface area contributed by atoms with Gasteiger partial charge < -0.3 is 24.6 Å². The van der Waals surface area contributed by atoms with Crippen molar-refractivity contribution in [2.75, 3.05) is 66.1 Å². The van der Waals surface area contributed by atoms with E-state index in [1.807, 2.05) is 17.0 Å². The number of piperazine rings is 1. The van der Waals surface area contributed by atoms with Crippen LogP contribution in [-0.2, 0) is 16.1 Å². The Labute approximate surface area is 215 Å². The second kappa shape index (κ2) is 14.6. The Morgan fingerprint density at radius 2 is 1.91 bits per heavy atom. The molecule has 3 rings (SSSR count). The standard InChI is InChI=1S/C24H39N5O3.HI/c1-4-25-24(29-12-10-28(11-13-29)20(2)30)26-19-21-6-5-7-23(18-21)32-17-14-27(3)22-8-15-31-16-9-22;/h5-7,18,22H,4,8-17,19H2,1-3H3,(H,25,26);1H. The van der Waals surface area contributed by atoms with E-state index in [0.29, 0.717) is 19.2 Å². The first kappa shape index (κ1) is 27.7. The Kier molecular flexibility index (Phi) is 12.3. The molecule has 0 saturated carbocycles. The van der Waals surface area contributed by atoms with Gasteiger partial charge >= 0.3 is 0 Å². The van der Waals surface area contributed by atoms with Crippen LogP contribution < -0.4 is 10.1 Å². The number of benzene rings is 1. The van der Waals surface area contributed by atoms with Crippen LogP contribution in [0.15, 0.2) is 29.3 Å². The smallest absolute Gasteiger partial charge is 0.219 e. The molecule has 2 saturated heterocycles. The van der Waals surface area contributed by atoms with Gasteiger partial charge in [-0.2, -0.15) is 0 Å². The van der Waals surface area contributed by atoms with E-state index < -0.39 is 0 Å². The number of guanidine groups is 1. The van der Waals surface area contributed by atoms with Gasteiger partial charge in [-0.25, -0.2) is 4.99 Å². The maximum absolute atomic E-state index is 11.6. The lowest BCUT2D eigenvalue weighted by Crippen LogP contribution is -2.53. The molecule has 186 valence electrons. The number of ether oxygens (including phenoxy) is 2. The SMILES string of the molecule is CCNC(=NCc1cccc(OCCN(C)C2CCOCC2)c1)N1CCN(C(C)=O)CC1.I. The summed E-state index contributed by atoms with van der Waals surface area (Å²) < 4.78 is 11.5. The highest BCUT2D eigenvalue weighted by Gasteiger charge is 2.21. The summed E-state index contributed by atoms with van der Waals surface area (Å²) in [5, 5.41) is 3.39. The number of carbonyl (C=O) groups excluding carboxylic acids is 1. The largest absolute Gasteiger partial charge is 0.492 e. The lowest BCUT2D eigenvalue weighted by Gasteiger charge is -2.36. The van der Waals surface area contributed by atoms with Gasteiger partial charge in [0.25, 0.3) is 0 Å². The van der Waals surface area contributed by atoms with Crippen molar-refractivity contribution in [2.24, 2.45) is 4.99 Å². The molecule has 0 spiro atoms. The number of nitrogens with zero attached hydrogens (tertiary/aromatic N) is 4. The third kappa shape index (κ3) is 8.94. The Hall–Kier alpha value is -1.59. The Bertz CT molecular complexity index is 749. The molecule has 2 aliphatic heterocycles. The third-order valence-corrected chi connectivity index (χ3v) is 6.20. The predicted octanol–water partition coefficient (Wildman–Crippen LogP) is 2.42. The number of carbonyl (C=O) groups is 1. The zero-order chi connectivity index (χ0) is 22.8. The highest BCUT2D eigenvalue weighted by molar-refractivity contribution is 14.0. The van der Waals surface area contributed by atoms with Crippen molar-refractivity contribution in [3.05, 3.63) is 29.8 Å². The van der Waals surface area contributed by atoms with Gasteiger partial charge in [0.05, 0.1) is 6.54 Å². The van der Waals surface area contributed by atoms with Crippen molar-refractivity contribution in [1.29, 1.82) is 0 Å². The molecule has 1 N–H and O–H groups in total. The molecule has 1 aromatic carbocycles. The van der Waals surface area contributed by atoms with E-state index in [1.165, 1.54) is 0 Å². The molecular formula is C24H40IN5O3. The topological polar surface area (TPSA) is 69.6 Å². The summed E-state index contributed by atoms with van der Waals surface area (Å²) in [4.78, 5) is 22.9. The summed E-state index contributed by atoms with van der Waals surface area (Å²) in [6.07, 6.45) is 2.20. The van der Waals surface area contributed by atoms with Crippen LogP contribution in [0.2, 0.25) is 0 Å². The molecule has 2 aliphatic rings. The maximum Gasteiger partial charge on any atom is 0.219 e. The van der Waals surface area contributed by atoms with Gasteiger partial charge in [0.1, 0.15) is 12.4 Å². The maximum atomic E-state index is 11.6. The molecule has 0 atom stereocenters. The van der Waals surface area contributed by atoms with Crippen LogP contribution in [0.3, 0.4) is 0 Å². The molecule has 1 amide bonds. The molecule has 2 fully saturated rings. The Morgan fingerprint density at radius 3 is 2.58 bits per heavy atom. The van der Waals surface area contributed by atoms with E-state index in [9.17, 15) is 4.79 Å². The van der Waals surface area contributed by atoms with Gasteiger partial charge in [-0.15, -0.1) is 24.0 Å². The van der Waals surface area contributed by atoms with Crippen LogP contribution in [0.25, 0.3) is 0 Å². The molecule has 0 bridgehead atoms. The van der Waals surface area contributed by atoms with Crippen molar-refractivity contribution >= 4 is 35.8 Å². The molecule has 0 radical (unpaired) electrons. The zero-order valence-electron chi connectivity index (χ0n) is 20.3. The summed E-state index contributed by atoms with van der Waals surface area (Å²) in [7, 11) is 2.17. The van der Waals surface area contributed by atoms with Gasteiger partial charge in [0.15, 0.2) is 5.96 Å². The summed E-state index contributed by atoms with van der Waals surface area (Å²) in [5.74, 6) is 1.93. The minimum atomic E-state index is 0. The molecule has 0 aliphatic carbocycles. The van der Waals surface area contributed by atoms with E-state index in [-0.39, 0.29) is 29.9 Å². The highest BCUT2D eigenvalue weighted by atomic mass is 127. The van der Waals surface area contributed by atoms with E-state index in [1.54, 1.807) is 6.92 Å². The van der Waals surface area contributed by atoms with E-state index in [2.05, 4.69) is 41.2 Å². The number of hydrogen-bond donors (Lipinski definition) is 1. The first-order valence-corrected chi connectivity index (χ1v) is 11.8. The van der Waals surface area contributed by atoms with E-state index >= 15 is 0 Å². The second-order valence-electron chi connectivity index (χ2n) is 8.48. The molecule has 0 aromatic heterocycles. The van der Waals surface area contributed by atoms with Crippen LogP contribution in [0.1, 0.15) is 32.3 Å². The van der Waals surface area contributed by atoms with Crippen molar-refractivity contribution < 1.29 is 14.3 Å². The quantitative estimate of drug-likeness (QED) is 0.293. The minimum Gasteiger partial charge on any atom is -0.492 e. The van der Waals surface area contributed by atoms with Crippen LogP contribution in [0.5, 0.6) is 5.75 Å². The zero-order valence-corrected chi connectivity index (χ0v) is 22.6. The fourth-order valence-electron chi connectivity index (χ4n) is 4.17. The first-order valence-electron chi connectivity index (χ1n) is 11.8. The molecule has 8 nitrogen and oxygen atoms in total. The monoisotopic (exact) mass is 573 g/mol. The third-order valence-electron chi connectivity index (χ3n) is 6.20. The molecule has 1 aromatic rings. The Morgan fingerprint density at radius 1 is 1.21 bits per heavy atom. The fourth-order valence-corrected chi connectivity index (χ4v) is 4.17. The number of amides is 1. The normalized spacial score (nSPS) is 17.6. The van der Waals surface area contributed by atoms with Crippen molar-refractivity contribution in [3.63, 3.8) is 0 Å². The molecule has 2 heterocycles. The number of nitrogens with one attached hydrogen (secondary N) is 1. The number of hydrogen-bond acceptors (Lipinski definition) is 5. The number of aliphatic imine (C=N–C) groups is 1. The number of likely N-dealkylation sites (N-methyl/N-ethyl adjacent to an activating group) is 1. The number of halogens is 1. The van der Waals surface area contributed by atoms with Crippen LogP contribution in [0.4, 0.5) is 0 Å². The summed E-state index contributed by atoms with van der Waals surface area (Å²) in [6, 6.07) is 8.79. The second-order valence-corrected chi connectivity index (χ2v) is 8.48. The molecule has 33 heavy (non-hydrogen) atoms. The average molecular weight is 574 g/mol. The highest BCUT2D eigenvalue weighted by Crippen LogP contribution is 2.16. The van der Waals surface area contributed by atoms with E-state index in [0.717, 1.165) is 82.6 Å². The molecule has 9 heteroatoms.